The van der Waals surface area contributed by atoms with Crippen LogP contribution in [0.4, 0.5) is 10.5 Å². The van der Waals surface area contributed by atoms with Crippen molar-refractivity contribution < 1.29 is 9.53 Å². The highest BCUT2D eigenvalue weighted by Gasteiger charge is 2.11. The molecule has 0 fully saturated rings. The molecule has 2 aromatic rings. The van der Waals surface area contributed by atoms with Gasteiger partial charge in [0.05, 0.1) is 17.5 Å². The first-order chi connectivity index (χ1) is 9.02. The fourth-order valence-electron chi connectivity index (χ4n) is 1.70. The van der Waals surface area contributed by atoms with Crippen molar-refractivity contribution in [1.29, 1.82) is 0 Å². The predicted molar refractivity (Wildman–Crippen MR) is 71.5 cm³/mol. The number of anilines is 1. The first-order valence-electron chi connectivity index (χ1n) is 5.75. The minimum Gasteiger partial charge on any atom is -0.449 e. The average molecular weight is 262 g/mol. The summed E-state index contributed by atoms with van der Waals surface area (Å²) in [5.41, 5.74) is 8.56. The van der Waals surface area contributed by atoms with Gasteiger partial charge in [-0.05, 0) is 32.0 Å². The van der Waals surface area contributed by atoms with E-state index in [9.17, 15) is 9.59 Å². The zero-order chi connectivity index (χ0) is 14.0. The molecule has 0 radical (unpaired) electrons. The summed E-state index contributed by atoms with van der Waals surface area (Å²) in [7, 11) is 0. The first-order valence-corrected chi connectivity index (χ1v) is 5.75. The van der Waals surface area contributed by atoms with Gasteiger partial charge < -0.3 is 10.5 Å². The quantitative estimate of drug-likeness (QED) is 0.786. The van der Waals surface area contributed by atoms with Crippen molar-refractivity contribution in [3.8, 4) is 0 Å². The van der Waals surface area contributed by atoms with Gasteiger partial charge in [0.25, 0.3) is 5.56 Å². The van der Waals surface area contributed by atoms with Crippen molar-refractivity contribution in [3.63, 3.8) is 0 Å². The lowest BCUT2D eigenvalue weighted by Gasteiger charge is -2.11. The molecule has 7 heteroatoms. The van der Waals surface area contributed by atoms with Crippen LogP contribution in [-0.4, -0.2) is 22.4 Å². The third-order valence-electron chi connectivity index (χ3n) is 2.54. The van der Waals surface area contributed by atoms with E-state index in [1.165, 1.54) is 6.07 Å². The molecule has 0 unspecified atom stereocenters. The second-order valence-corrected chi connectivity index (χ2v) is 3.91. The summed E-state index contributed by atoms with van der Waals surface area (Å²) >= 11 is 0. The number of fused-ring (bicyclic) bond motifs is 1. The Bertz CT molecular complexity index is 693. The number of carbonyl (C=O) groups excluding carboxylic acids is 1. The molecule has 0 aliphatic heterocycles. The SMILES string of the molecule is CCOC(=O)Nn1c(C)nc2ccc(N)cc2c1=O. The average Bonchev–Trinajstić information content (AvgIpc) is 2.36. The topological polar surface area (TPSA) is 99.2 Å². The third kappa shape index (κ3) is 2.49. The number of nitrogens with zero attached hydrogens (tertiary/aromatic N) is 2. The Labute approximate surface area is 109 Å². The summed E-state index contributed by atoms with van der Waals surface area (Å²) in [5, 5.41) is 0.336. The Kier molecular flexibility index (Phi) is 3.37. The van der Waals surface area contributed by atoms with Crippen molar-refractivity contribution in [2.24, 2.45) is 0 Å². The zero-order valence-electron chi connectivity index (χ0n) is 10.6. The van der Waals surface area contributed by atoms with E-state index in [1.807, 2.05) is 0 Å². The van der Waals surface area contributed by atoms with Gasteiger partial charge in [-0.3, -0.25) is 4.79 Å². The number of carbonyl (C=O) groups is 1. The molecule has 1 amide bonds. The van der Waals surface area contributed by atoms with Crippen molar-refractivity contribution in [3.05, 3.63) is 34.4 Å². The minimum absolute atomic E-state index is 0.216. The largest absolute Gasteiger partial charge is 0.449 e. The van der Waals surface area contributed by atoms with E-state index >= 15 is 0 Å². The molecule has 0 aliphatic carbocycles. The fourth-order valence-corrected chi connectivity index (χ4v) is 1.70. The van der Waals surface area contributed by atoms with Crippen LogP contribution < -0.4 is 16.7 Å². The van der Waals surface area contributed by atoms with Crippen LogP contribution in [0.25, 0.3) is 10.9 Å². The lowest BCUT2D eigenvalue weighted by atomic mass is 10.2. The van der Waals surface area contributed by atoms with Gasteiger partial charge in [0, 0.05) is 5.69 Å². The van der Waals surface area contributed by atoms with Crippen LogP contribution in [0.5, 0.6) is 0 Å². The molecule has 0 atom stereocenters. The van der Waals surface area contributed by atoms with Gasteiger partial charge in [-0.1, -0.05) is 0 Å². The maximum absolute atomic E-state index is 12.2. The number of amides is 1. The van der Waals surface area contributed by atoms with E-state index in [0.29, 0.717) is 22.4 Å². The maximum Gasteiger partial charge on any atom is 0.426 e. The predicted octanol–water partition coefficient (Wildman–Crippen LogP) is 0.987. The zero-order valence-corrected chi connectivity index (χ0v) is 10.6. The molecule has 1 aromatic carbocycles. The van der Waals surface area contributed by atoms with Crippen LogP contribution >= 0.6 is 0 Å². The molecule has 1 heterocycles. The number of nitrogens with one attached hydrogen (secondary N) is 1. The summed E-state index contributed by atoms with van der Waals surface area (Å²) in [5.74, 6) is 0.357. The highest BCUT2D eigenvalue weighted by Crippen LogP contribution is 2.11. The van der Waals surface area contributed by atoms with E-state index < -0.39 is 11.7 Å². The number of nitrogen functional groups attached to an aromatic ring is 1. The number of benzene rings is 1. The van der Waals surface area contributed by atoms with E-state index in [4.69, 9.17) is 10.5 Å². The number of aromatic nitrogens is 2. The fraction of sp³-hybridized carbons (Fsp3) is 0.250. The second kappa shape index (κ2) is 4.97. The van der Waals surface area contributed by atoms with Crippen LogP contribution in [0.15, 0.2) is 23.0 Å². The Morgan fingerprint density at radius 3 is 2.95 bits per heavy atom. The second-order valence-electron chi connectivity index (χ2n) is 3.91. The summed E-state index contributed by atoms with van der Waals surface area (Å²) < 4.78 is 5.77. The van der Waals surface area contributed by atoms with Gasteiger partial charge in [-0.2, -0.15) is 4.68 Å². The highest BCUT2D eigenvalue weighted by molar-refractivity contribution is 5.82. The van der Waals surface area contributed by atoms with Gasteiger partial charge in [0.15, 0.2) is 0 Å². The monoisotopic (exact) mass is 262 g/mol. The van der Waals surface area contributed by atoms with Gasteiger partial charge >= 0.3 is 6.09 Å². The molecule has 19 heavy (non-hydrogen) atoms. The number of aryl methyl sites for hydroxylation is 1. The molecule has 0 saturated heterocycles. The molecule has 1 aromatic heterocycles. The molecular weight excluding hydrogens is 248 g/mol. The maximum atomic E-state index is 12.2. The minimum atomic E-state index is -0.710. The number of rotatable bonds is 2. The van der Waals surface area contributed by atoms with Crippen molar-refractivity contribution in [2.75, 3.05) is 17.8 Å². The molecule has 0 aliphatic rings. The van der Waals surface area contributed by atoms with E-state index in [0.717, 1.165) is 4.68 Å². The summed E-state index contributed by atoms with van der Waals surface area (Å²) in [4.78, 5) is 27.8. The van der Waals surface area contributed by atoms with Crippen molar-refractivity contribution >= 4 is 22.7 Å². The van der Waals surface area contributed by atoms with E-state index in [1.54, 1.807) is 26.0 Å². The highest BCUT2D eigenvalue weighted by atomic mass is 16.6. The normalized spacial score (nSPS) is 10.4. The van der Waals surface area contributed by atoms with Gasteiger partial charge in [-0.15, -0.1) is 0 Å². The van der Waals surface area contributed by atoms with Crippen LogP contribution in [0.2, 0.25) is 0 Å². The van der Waals surface area contributed by atoms with Crippen LogP contribution in [0, 0.1) is 6.92 Å². The Morgan fingerprint density at radius 1 is 1.53 bits per heavy atom. The summed E-state index contributed by atoms with van der Waals surface area (Å²) in [6.07, 6.45) is -0.710. The molecule has 0 bridgehead atoms. The van der Waals surface area contributed by atoms with Crippen LogP contribution in [0.3, 0.4) is 0 Å². The molecule has 0 spiro atoms. The molecule has 7 nitrogen and oxygen atoms in total. The van der Waals surface area contributed by atoms with Crippen molar-refractivity contribution in [2.45, 2.75) is 13.8 Å². The Balaban J connectivity index is 2.55. The Morgan fingerprint density at radius 2 is 2.26 bits per heavy atom. The van der Waals surface area contributed by atoms with Crippen molar-refractivity contribution in [1.82, 2.24) is 9.66 Å². The number of hydrogen-bond donors (Lipinski definition) is 2. The first kappa shape index (κ1) is 12.9. The molecule has 3 N–H and O–H groups in total. The van der Waals surface area contributed by atoms with Gasteiger partial charge in [0.1, 0.15) is 5.82 Å². The van der Waals surface area contributed by atoms with Gasteiger partial charge in [0.2, 0.25) is 0 Å². The number of nitrogens with two attached hydrogens (primary N) is 1. The van der Waals surface area contributed by atoms with Crippen LogP contribution in [0.1, 0.15) is 12.7 Å². The van der Waals surface area contributed by atoms with Gasteiger partial charge in [-0.25, -0.2) is 15.2 Å². The lowest BCUT2D eigenvalue weighted by Crippen LogP contribution is -2.35. The molecule has 2 rings (SSSR count). The molecule has 100 valence electrons. The standard InChI is InChI=1S/C12H14N4O3/c1-3-19-12(18)15-16-7(2)14-10-5-4-8(13)6-9(10)11(16)17/h4-6H,3,13H2,1-2H3,(H,15,18). The van der Waals surface area contributed by atoms with Crippen LogP contribution in [-0.2, 0) is 4.74 Å². The summed E-state index contributed by atoms with van der Waals surface area (Å²) in [6.45, 7) is 3.51. The molecule has 0 saturated carbocycles. The lowest BCUT2D eigenvalue weighted by molar-refractivity contribution is 0.164. The van der Waals surface area contributed by atoms with E-state index in [-0.39, 0.29) is 6.61 Å². The Hall–Kier alpha value is -2.57. The van der Waals surface area contributed by atoms with E-state index in [2.05, 4.69) is 10.4 Å². The smallest absolute Gasteiger partial charge is 0.426 e. The molecular formula is C12H14N4O3. The number of ether oxygens (including phenoxy) is 1. The number of hydrogen-bond acceptors (Lipinski definition) is 5. The summed E-state index contributed by atoms with van der Waals surface area (Å²) in [6, 6.07) is 4.85. The third-order valence-corrected chi connectivity index (χ3v) is 2.54.